The van der Waals surface area contributed by atoms with Gasteiger partial charge in [0.2, 0.25) is 0 Å². The number of carbonyl (C=O) groups excluding carboxylic acids is 2. The van der Waals surface area contributed by atoms with Gasteiger partial charge in [0.05, 0.1) is 6.10 Å². The van der Waals surface area contributed by atoms with Gasteiger partial charge in [-0.15, -0.1) is 0 Å². The number of fused-ring (bicyclic) bond motifs is 5. The van der Waals surface area contributed by atoms with Crippen molar-refractivity contribution in [2.24, 2.45) is 28.6 Å². The van der Waals surface area contributed by atoms with Crippen molar-refractivity contribution in [3.8, 4) is 0 Å². The third-order valence-corrected chi connectivity index (χ3v) is 9.06. The van der Waals surface area contributed by atoms with E-state index in [9.17, 15) is 14.7 Å². The minimum Gasteiger partial charge on any atom is -0.447 e. The van der Waals surface area contributed by atoms with Crippen molar-refractivity contribution in [1.29, 1.82) is 0 Å². The highest BCUT2D eigenvalue weighted by Crippen LogP contribution is 2.68. The van der Waals surface area contributed by atoms with E-state index in [4.69, 9.17) is 25.8 Å². The van der Waals surface area contributed by atoms with Crippen LogP contribution in [0.1, 0.15) is 58.8 Å². The molecule has 7 atom stereocenters. The third kappa shape index (κ3) is 3.01. The van der Waals surface area contributed by atoms with Gasteiger partial charge in [0.1, 0.15) is 6.79 Å². The van der Waals surface area contributed by atoms with Crippen LogP contribution < -0.4 is 0 Å². The molecule has 1 N–H and O–H groups in total. The van der Waals surface area contributed by atoms with E-state index in [-0.39, 0.29) is 41.8 Å². The first-order valence-electron chi connectivity index (χ1n) is 11.0. The second-order valence-corrected chi connectivity index (χ2v) is 10.3. The zero-order chi connectivity index (χ0) is 21.7. The van der Waals surface area contributed by atoms with Crippen LogP contribution in [0.25, 0.3) is 0 Å². The molecule has 0 radical (unpaired) electrons. The fourth-order valence-corrected chi connectivity index (χ4v) is 7.73. The summed E-state index contributed by atoms with van der Waals surface area (Å²) in [5.74, 6) is 0.322. The number of allylic oxidation sites excluding steroid dienone is 1. The monoisotopic (exact) mass is 440 g/mol. The Morgan fingerprint density at radius 1 is 1.27 bits per heavy atom. The lowest BCUT2D eigenvalue weighted by atomic mass is 9.45. The number of rotatable bonds is 5. The topological polar surface area (TPSA) is 82.1 Å². The van der Waals surface area contributed by atoms with Crippen molar-refractivity contribution < 1.29 is 28.9 Å². The number of esters is 1. The van der Waals surface area contributed by atoms with Gasteiger partial charge in [0, 0.05) is 18.9 Å². The third-order valence-electron chi connectivity index (χ3n) is 8.95. The van der Waals surface area contributed by atoms with Gasteiger partial charge in [-0.3, -0.25) is 4.79 Å². The number of aliphatic hydroxyl groups is 1. The Labute approximate surface area is 183 Å². The summed E-state index contributed by atoms with van der Waals surface area (Å²) >= 11 is 5.72. The molecule has 0 bridgehead atoms. The average molecular weight is 441 g/mol. The van der Waals surface area contributed by atoms with E-state index >= 15 is 0 Å². The number of methoxy groups -OCH3 is 1. The second-order valence-electron chi connectivity index (χ2n) is 10.0. The summed E-state index contributed by atoms with van der Waals surface area (Å²) in [7, 11) is 1.53. The Kier molecular flexibility index (Phi) is 5.84. The molecule has 0 amide bonds. The number of hydrogen-bond donors (Lipinski definition) is 1. The van der Waals surface area contributed by atoms with Crippen LogP contribution in [0, 0.1) is 28.6 Å². The molecular formula is C23H33ClO6. The largest absolute Gasteiger partial charge is 0.447 e. The molecule has 168 valence electrons. The summed E-state index contributed by atoms with van der Waals surface area (Å²) in [5.41, 5.74) is -0.706. The first kappa shape index (κ1) is 22.3. The Bertz CT molecular complexity index is 752. The number of alkyl halides is 1. The lowest BCUT2D eigenvalue weighted by molar-refractivity contribution is -0.229. The van der Waals surface area contributed by atoms with Crippen LogP contribution >= 0.6 is 11.6 Å². The number of ether oxygens (including phenoxy) is 3. The van der Waals surface area contributed by atoms with Crippen LogP contribution in [-0.2, 0) is 23.8 Å². The normalized spacial score (nSPS) is 45.2. The first-order valence-corrected chi connectivity index (χ1v) is 11.5. The molecule has 0 aromatic heterocycles. The molecule has 4 aliphatic carbocycles. The molecule has 6 nitrogen and oxygen atoms in total. The summed E-state index contributed by atoms with van der Waals surface area (Å²) in [6.45, 7) is 4.27. The number of halogens is 1. The summed E-state index contributed by atoms with van der Waals surface area (Å²) in [5, 5.41) is 11.5. The van der Waals surface area contributed by atoms with Gasteiger partial charge in [-0.2, -0.15) is 0 Å². The number of hydrogen-bond acceptors (Lipinski definition) is 6. The van der Waals surface area contributed by atoms with Crippen LogP contribution in [0.4, 0.5) is 0 Å². The van der Waals surface area contributed by atoms with E-state index in [1.807, 2.05) is 6.08 Å². The predicted molar refractivity (Wildman–Crippen MR) is 111 cm³/mol. The maximum absolute atomic E-state index is 13.1. The number of aliphatic hydroxyl groups excluding tert-OH is 1. The smallest absolute Gasteiger partial charge is 0.340 e. The standard InChI is InChI=1S/C23H33ClO6/c1-21-8-6-15(25)10-14(21)4-5-16-17-7-9-23(30-13-28-3,20(27)29-12-24)22(17,2)11-18(26)19(16)21/h10,16-19,26H,4-9,11-13H2,1-3H3/t16-,17-,18?,19-,21-,22-,23?/m0/s1. The molecule has 0 aliphatic heterocycles. The molecule has 3 fully saturated rings. The lowest BCUT2D eigenvalue weighted by Gasteiger charge is -2.60. The fourth-order valence-electron chi connectivity index (χ4n) is 7.63. The van der Waals surface area contributed by atoms with Crippen molar-refractivity contribution in [2.45, 2.75) is 70.5 Å². The second kappa shape index (κ2) is 7.88. The molecule has 0 heterocycles. The maximum atomic E-state index is 13.1. The Morgan fingerprint density at radius 3 is 2.73 bits per heavy atom. The zero-order valence-electron chi connectivity index (χ0n) is 18.1. The minimum atomic E-state index is -1.17. The van der Waals surface area contributed by atoms with Crippen LogP contribution in [0.15, 0.2) is 11.6 Å². The van der Waals surface area contributed by atoms with Gasteiger partial charge in [0.15, 0.2) is 17.5 Å². The summed E-state index contributed by atoms with van der Waals surface area (Å²) in [6.07, 6.45) is 6.20. The van der Waals surface area contributed by atoms with Gasteiger partial charge >= 0.3 is 5.97 Å². The highest BCUT2D eigenvalue weighted by Gasteiger charge is 2.70. The van der Waals surface area contributed by atoms with Crippen LogP contribution in [0.5, 0.6) is 0 Å². The van der Waals surface area contributed by atoms with Gasteiger partial charge < -0.3 is 19.3 Å². The van der Waals surface area contributed by atoms with E-state index in [1.54, 1.807) is 0 Å². The number of carbonyl (C=O) groups is 2. The van der Waals surface area contributed by atoms with Crippen molar-refractivity contribution in [2.75, 3.05) is 20.0 Å². The molecule has 4 rings (SSSR count). The maximum Gasteiger partial charge on any atom is 0.340 e. The summed E-state index contributed by atoms with van der Waals surface area (Å²) in [6, 6.07) is -0.230. The lowest BCUT2D eigenvalue weighted by Crippen LogP contribution is -2.62. The van der Waals surface area contributed by atoms with E-state index in [2.05, 4.69) is 13.8 Å². The molecule has 30 heavy (non-hydrogen) atoms. The molecule has 0 aromatic carbocycles. The number of ketones is 1. The zero-order valence-corrected chi connectivity index (χ0v) is 18.9. The Balaban J connectivity index is 1.72. The average Bonchev–Trinajstić information content (AvgIpc) is 2.99. The van der Waals surface area contributed by atoms with E-state index < -0.39 is 23.1 Å². The van der Waals surface area contributed by atoms with Crippen molar-refractivity contribution in [3.63, 3.8) is 0 Å². The van der Waals surface area contributed by atoms with Crippen molar-refractivity contribution in [3.05, 3.63) is 11.6 Å². The molecule has 0 saturated heterocycles. The van der Waals surface area contributed by atoms with Gasteiger partial charge in [-0.25, -0.2) is 4.79 Å². The van der Waals surface area contributed by atoms with Crippen molar-refractivity contribution in [1.82, 2.24) is 0 Å². The molecule has 3 saturated carbocycles. The SMILES string of the molecule is COCOC1(C(=O)OCCl)CC[C@H]2[C@@H]3CCC4=CC(=O)CC[C@]4(C)[C@@H]3C(O)C[C@@]21C. The van der Waals surface area contributed by atoms with Crippen LogP contribution in [0.3, 0.4) is 0 Å². The predicted octanol–water partition coefficient (Wildman–Crippen LogP) is 3.59. The van der Waals surface area contributed by atoms with Crippen LogP contribution in [-0.4, -0.2) is 48.5 Å². The summed E-state index contributed by atoms with van der Waals surface area (Å²) < 4.78 is 16.5. The van der Waals surface area contributed by atoms with E-state index in [0.717, 1.165) is 25.7 Å². The summed E-state index contributed by atoms with van der Waals surface area (Å²) in [4.78, 5) is 25.1. The molecule has 0 spiro atoms. The quantitative estimate of drug-likeness (QED) is 0.399. The molecule has 0 aromatic rings. The minimum absolute atomic E-state index is 0.0173. The highest BCUT2D eigenvalue weighted by molar-refractivity contribution is 6.17. The fraction of sp³-hybridized carbons (Fsp3) is 0.826. The molecule has 2 unspecified atom stereocenters. The van der Waals surface area contributed by atoms with Gasteiger partial charge in [0.25, 0.3) is 0 Å². The van der Waals surface area contributed by atoms with Crippen LogP contribution in [0.2, 0.25) is 0 Å². The molecule has 4 aliphatic rings. The van der Waals surface area contributed by atoms with E-state index in [0.29, 0.717) is 19.3 Å². The highest BCUT2D eigenvalue weighted by atomic mass is 35.5. The van der Waals surface area contributed by atoms with Crippen molar-refractivity contribution >= 4 is 23.4 Å². The first-order chi connectivity index (χ1) is 14.2. The van der Waals surface area contributed by atoms with Gasteiger partial charge in [-0.1, -0.05) is 31.0 Å². The molecular weight excluding hydrogens is 408 g/mol. The van der Waals surface area contributed by atoms with Gasteiger partial charge in [-0.05, 0) is 67.8 Å². The van der Waals surface area contributed by atoms with E-state index in [1.165, 1.54) is 12.7 Å². The Morgan fingerprint density at radius 2 is 2.03 bits per heavy atom. The Hall–Kier alpha value is -0.950. The molecule has 7 heteroatoms.